The molecule has 0 aliphatic rings. The van der Waals surface area contributed by atoms with Gasteiger partial charge in [0.2, 0.25) is 0 Å². The maximum atomic E-state index is 12.5. The molecule has 0 atom stereocenters. The fraction of sp³-hybridized carbons (Fsp3) is 0.211. The second kappa shape index (κ2) is 7.72. The molecule has 3 rings (SSSR count). The zero-order valence-corrected chi connectivity index (χ0v) is 14.2. The third kappa shape index (κ3) is 4.30. The van der Waals surface area contributed by atoms with Crippen LogP contribution in [-0.4, -0.2) is 27.2 Å². The molecule has 0 spiro atoms. The molecule has 2 N–H and O–H groups in total. The van der Waals surface area contributed by atoms with Gasteiger partial charge >= 0.3 is 0 Å². The molecule has 6 heteroatoms. The number of nitrogens with one attached hydrogen (secondary N) is 2. The molecule has 0 fully saturated rings. The Hall–Kier alpha value is -2.99. The van der Waals surface area contributed by atoms with Crippen molar-refractivity contribution in [3.8, 4) is 11.4 Å². The number of amides is 1. The van der Waals surface area contributed by atoms with Gasteiger partial charge in [-0.3, -0.25) is 14.9 Å². The minimum Gasteiger partial charge on any atom is -0.374 e. The number of ether oxygens (including phenoxy) is 1. The normalized spacial score (nSPS) is 10.8. The highest BCUT2D eigenvalue weighted by Gasteiger charge is 2.13. The summed E-state index contributed by atoms with van der Waals surface area (Å²) in [5, 5.41) is 9.75. The number of benzene rings is 1. The summed E-state index contributed by atoms with van der Waals surface area (Å²) in [6.45, 7) is 4.52. The zero-order valence-electron chi connectivity index (χ0n) is 14.2. The summed E-state index contributed by atoms with van der Waals surface area (Å²) >= 11 is 0. The lowest BCUT2D eigenvalue weighted by atomic mass is 10.1. The van der Waals surface area contributed by atoms with Crippen molar-refractivity contribution in [2.75, 3.05) is 5.32 Å². The van der Waals surface area contributed by atoms with E-state index < -0.39 is 0 Å². The Bertz CT molecular complexity index is 826. The first-order valence-corrected chi connectivity index (χ1v) is 8.10. The van der Waals surface area contributed by atoms with Gasteiger partial charge in [0.15, 0.2) is 0 Å². The first kappa shape index (κ1) is 16.9. The molecule has 6 nitrogen and oxygen atoms in total. The molecule has 0 unspecified atom stereocenters. The average molecular weight is 336 g/mol. The second-order valence-electron chi connectivity index (χ2n) is 5.88. The summed E-state index contributed by atoms with van der Waals surface area (Å²) in [6, 6.07) is 12.9. The van der Waals surface area contributed by atoms with E-state index in [2.05, 4.69) is 20.5 Å². The number of carbonyl (C=O) groups excluding carboxylic acids is 1. The molecule has 0 saturated carbocycles. The summed E-state index contributed by atoms with van der Waals surface area (Å²) in [7, 11) is 0. The largest absolute Gasteiger partial charge is 0.374 e. The minimum absolute atomic E-state index is 0.175. The van der Waals surface area contributed by atoms with Crippen molar-refractivity contribution in [3.05, 3.63) is 66.0 Å². The van der Waals surface area contributed by atoms with Crippen molar-refractivity contribution >= 4 is 11.6 Å². The summed E-state index contributed by atoms with van der Waals surface area (Å²) in [4.78, 5) is 16.7. The Morgan fingerprint density at radius 2 is 2.00 bits per heavy atom. The predicted octanol–water partition coefficient (Wildman–Crippen LogP) is 3.65. The number of pyridine rings is 1. The molecule has 2 aromatic heterocycles. The average Bonchev–Trinajstić information content (AvgIpc) is 3.09. The Morgan fingerprint density at radius 3 is 2.68 bits per heavy atom. The molecule has 0 saturated heterocycles. The lowest BCUT2D eigenvalue weighted by Crippen LogP contribution is -2.12. The first-order valence-electron chi connectivity index (χ1n) is 8.10. The zero-order chi connectivity index (χ0) is 17.6. The number of hydrogen-bond acceptors (Lipinski definition) is 4. The molecule has 1 aromatic carbocycles. The van der Waals surface area contributed by atoms with Crippen LogP contribution in [0.5, 0.6) is 0 Å². The van der Waals surface area contributed by atoms with Crippen LogP contribution in [0.2, 0.25) is 0 Å². The molecule has 0 bridgehead atoms. The number of H-pyrrole nitrogens is 1. The van der Waals surface area contributed by atoms with E-state index in [0.717, 1.165) is 11.3 Å². The second-order valence-corrected chi connectivity index (χ2v) is 5.88. The lowest BCUT2D eigenvalue weighted by Gasteiger charge is -2.09. The quantitative estimate of drug-likeness (QED) is 0.720. The van der Waals surface area contributed by atoms with Crippen LogP contribution in [-0.2, 0) is 11.3 Å². The molecule has 3 aromatic rings. The van der Waals surface area contributed by atoms with Crippen LogP contribution in [0.15, 0.2) is 54.9 Å². The number of hydrogen-bond donors (Lipinski definition) is 2. The van der Waals surface area contributed by atoms with E-state index >= 15 is 0 Å². The van der Waals surface area contributed by atoms with Gasteiger partial charge in [0, 0.05) is 11.8 Å². The number of anilines is 1. The molecule has 25 heavy (non-hydrogen) atoms. The van der Waals surface area contributed by atoms with Crippen molar-refractivity contribution in [1.29, 1.82) is 0 Å². The fourth-order valence-electron chi connectivity index (χ4n) is 2.30. The lowest BCUT2D eigenvalue weighted by molar-refractivity contribution is 0.0657. The summed E-state index contributed by atoms with van der Waals surface area (Å²) in [5.41, 5.74) is 3.59. The van der Waals surface area contributed by atoms with E-state index in [1.807, 2.05) is 44.2 Å². The molecule has 0 radical (unpaired) electrons. The number of carbonyl (C=O) groups is 1. The highest BCUT2D eigenvalue weighted by atomic mass is 16.5. The Labute approximate surface area is 146 Å². The van der Waals surface area contributed by atoms with Crippen LogP contribution in [0, 0.1) is 0 Å². The Morgan fingerprint density at radius 1 is 1.20 bits per heavy atom. The molecule has 1 amide bonds. The van der Waals surface area contributed by atoms with E-state index in [4.69, 9.17) is 4.74 Å². The van der Waals surface area contributed by atoms with E-state index in [1.165, 1.54) is 0 Å². The van der Waals surface area contributed by atoms with Crippen LogP contribution < -0.4 is 5.32 Å². The third-order valence-electron chi connectivity index (χ3n) is 3.61. The van der Waals surface area contributed by atoms with Crippen molar-refractivity contribution in [2.24, 2.45) is 0 Å². The Kier molecular flexibility index (Phi) is 5.20. The van der Waals surface area contributed by atoms with Gasteiger partial charge in [-0.15, -0.1) is 0 Å². The predicted molar refractivity (Wildman–Crippen MR) is 96.1 cm³/mol. The fourth-order valence-corrected chi connectivity index (χ4v) is 2.30. The van der Waals surface area contributed by atoms with E-state index in [0.29, 0.717) is 23.6 Å². The highest BCUT2D eigenvalue weighted by molar-refractivity contribution is 6.05. The third-order valence-corrected chi connectivity index (χ3v) is 3.61. The van der Waals surface area contributed by atoms with Crippen molar-refractivity contribution in [3.63, 3.8) is 0 Å². The van der Waals surface area contributed by atoms with Crippen LogP contribution >= 0.6 is 0 Å². The number of rotatable bonds is 6. The van der Waals surface area contributed by atoms with Gasteiger partial charge in [-0.2, -0.15) is 5.10 Å². The smallest absolute Gasteiger partial charge is 0.255 e. The van der Waals surface area contributed by atoms with Crippen molar-refractivity contribution in [1.82, 2.24) is 15.2 Å². The van der Waals surface area contributed by atoms with Gasteiger partial charge in [-0.1, -0.05) is 18.2 Å². The number of aromatic nitrogens is 3. The van der Waals surface area contributed by atoms with Gasteiger partial charge in [0.25, 0.3) is 5.91 Å². The number of nitrogens with zero attached hydrogens (tertiary/aromatic N) is 2. The molecule has 2 heterocycles. The summed E-state index contributed by atoms with van der Waals surface area (Å²) in [5.74, 6) is -0.199. The van der Waals surface area contributed by atoms with E-state index in [9.17, 15) is 4.79 Å². The molecule has 128 valence electrons. The number of aromatic amines is 1. The molecule has 0 aliphatic carbocycles. The SMILES string of the molecule is CC(C)OCc1ccc(C(=O)Nc2cn[nH]c2-c2ccccn2)cc1. The van der Waals surface area contributed by atoms with Crippen LogP contribution in [0.4, 0.5) is 5.69 Å². The monoisotopic (exact) mass is 336 g/mol. The van der Waals surface area contributed by atoms with Crippen molar-refractivity contribution < 1.29 is 9.53 Å². The maximum Gasteiger partial charge on any atom is 0.255 e. The first-order chi connectivity index (χ1) is 12.1. The van der Waals surface area contributed by atoms with Crippen LogP contribution in [0.3, 0.4) is 0 Å². The van der Waals surface area contributed by atoms with Gasteiger partial charge < -0.3 is 10.1 Å². The standard InChI is InChI=1S/C19H20N4O2/c1-13(2)25-12-14-6-8-15(9-7-14)19(24)22-17-11-21-23-18(17)16-5-3-4-10-20-16/h3-11,13H,12H2,1-2H3,(H,21,23)(H,22,24). The van der Waals surface area contributed by atoms with Gasteiger partial charge in [0.1, 0.15) is 5.69 Å². The minimum atomic E-state index is -0.199. The van der Waals surface area contributed by atoms with Gasteiger partial charge in [-0.25, -0.2) is 0 Å². The topological polar surface area (TPSA) is 79.9 Å². The summed E-state index contributed by atoms with van der Waals surface area (Å²) in [6.07, 6.45) is 3.45. The summed E-state index contributed by atoms with van der Waals surface area (Å²) < 4.78 is 5.56. The van der Waals surface area contributed by atoms with Crippen LogP contribution in [0.1, 0.15) is 29.8 Å². The molecular weight excluding hydrogens is 316 g/mol. The Balaban J connectivity index is 1.70. The van der Waals surface area contributed by atoms with Crippen molar-refractivity contribution in [2.45, 2.75) is 26.6 Å². The van der Waals surface area contributed by atoms with Gasteiger partial charge in [0.05, 0.1) is 30.3 Å². The van der Waals surface area contributed by atoms with Gasteiger partial charge in [-0.05, 0) is 43.7 Å². The highest BCUT2D eigenvalue weighted by Crippen LogP contribution is 2.23. The molecule has 0 aliphatic heterocycles. The maximum absolute atomic E-state index is 12.5. The van der Waals surface area contributed by atoms with E-state index in [-0.39, 0.29) is 12.0 Å². The molecular formula is C19H20N4O2. The van der Waals surface area contributed by atoms with Crippen LogP contribution in [0.25, 0.3) is 11.4 Å². The van der Waals surface area contributed by atoms with E-state index in [1.54, 1.807) is 24.5 Å².